The van der Waals surface area contributed by atoms with Gasteiger partial charge in [0, 0.05) is 18.8 Å². The molecular weight excluding hydrogens is 248 g/mol. The van der Waals surface area contributed by atoms with Crippen LogP contribution in [-0.4, -0.2) is 25.8 Å². The van der Waals surface area contributed by atoms with Gasteiger partial charge in [0.1, 0.15) is 0 Å². The van der Waals surface area contributed by atoms with E-state index in [1.54, 1.807) is 19.2 Å². The molecule has 0 amide bonds. The van der Waals surface area contributed by atoms with Crippen LogP contribution in [0.15, 0.2) is 29.2 Å². The molecule has 1 atom stereocenters. The van der Waals surface area contributed by atoms with Gasteiger partial charge in [0.25, 0.3) is 0 Å². The minimum Gasteiger partial charge on any atom is -0.399 e. The smallest absolute Gasteiger partial charge is 0.243 e. The zero-order valence-electron chi connectivity index (χ0n) is 11.6. The standard InChI is InChI=1S/C13H22N2O2S/c1-10(13(2,3)4)15(5)18(16,17)12-8-6-11(14)7-9-12/h6-10H,14H2,1-5H3. The fourth-order valence-corrected chi connectivity index (χ4v) is 3.10. The van der Waals surface area contributed by atoms with Crippen molar-refractivity contribution < 1.29 is 8.42 Å². The molecule has 5 heteroatoms. The number of hydrogen-bond donors (Lipinski definition) is 1. The van der Waals surface area contributed by atoms with Gasteiger partial charge in [-0.3, -0.25) is 0 Å². The van der Waals surface area contributed by atoms with Gasteiger partial charge < -0.3 is 5.73 Å². The predicted molar refractivity (Wildman–Crippen MR) is 74.7 cm³/mol. The monoisotopic (exact) mass is 270 g/mol. The van der Waals surface area contributed by atoms with Crippen LogP contribution >= 0.6 is 0 Å². The number of anilines is 1. The first-order valence-electron chi connectivity index (χ1n) is 5.90. The molecule has 0 aliphatic rings. The Hall–Kier alpha value is -1.07. The number of benzene rings is 1. The summed E-state index contributed by atoms with van der Waals surface area (Å²) in [5, 5.41) is 0. The van der Waals surface area contributed by atoms with Crippen molar-refractivity contribution >= 4 is 15.7 Å². The van der Waals surface area contributed by atoms with Crippen LogP contribution in [-0.2, 0) is 10.0 Å². The van der Waals surface area contributed by atoms with Gasteiger partial charge >= 0.3 is 0 Å². The second-order valence-corrected chi connectivity index (χ2v) is 7.63. The maximum absolute atomic E-state index is 12.4. The molecule has 102 valence electrons. The van der Waals surface area contributed by atoms with Crippen LogP contribution in [0.5, 0.6) is 0 Å². The van der Waals surface area contributed by atoms with Crippen LogP contribution < -0.4 is 5.73 Å². The number of nitrogen functional groups attached to an aromatic ring is 1. The molecule has 1 aromatic rings. The van der Waals surface area contributed by atoms with Crippen molar-refractivity contribution in [3.63, 3.8) is 0 Å². The van der Waals surface area contributed by atoms with Crippen molar-refractivity contribution in [3.8, 4) is 0 Å². The molecule has 0 radical (unpaired) electrons. The average molecular weight is 270 g/mol. The molecule has 0 bridgehead atoms. The highest BCUT2D eigenvalue weighted by atomic mass is 32.2. The van der Waals surface area contributed by atoms with Crippen LogP contribution in [0.4, 0.5) is 5.69 Å². The number of sulfonamides is 1. The Kier molecular flexibility index (Phi) is 4.08. The molecule has 0 fully saturated rings. The Balaban J connectivity index is 3.11. The Morgan fingerprint density at radius 1 is 1.17 bits per heavy atom. The predicted octanol–water partition coefficient (Wildman–Crippen LogP) is 2.32. The summed E-state index contributed by atoms with van der Waals surface area (Å²) in [7, 11) is -1.85. The molecule has 0 saturated heterocycles. The minimum absolute atomic E-state index is 0.0972. The average Bonchev–Trinajstić information content (AvgIpc) is 2.26. The first-order valence-corrected chi connectivity index (χ1v) is 7.34. The summed E-state index contributed by atoms with van der Waals surface area (Å²) < 4.78 is 26.2. The molecule has 18 heavy (non-hydrogen) atoms. The highest BCUT2D eigenvalue weighted by molar-refractivity contribution is 7.89. The summed E-state index contributed by atoms with van der Waals surface area (Å²) in [5.74, 6) is 0. The van der Waals surface area contributed by atoms with Crippen molar-refractivity contribution in [1.82, 2.24) is 4.31 Å². The van der Waals surface area contributed by atoms with Gasteiger partial charge in [-0.15, -0.1) is 0 Å². The van der Waals surface area contributed by atoms with Gasteiger partial charge in [-0.25, -0.2) is 8.42 Å². The van der Waals surface area contributed by atoms with E-state index in [9.17, 15) is 8.42 Å². The van der Waals surface area contributed by atoms with E-state index in [2.05, 4.69) is 0 Å². The second-order valence-electron chi connectivity index (χ2n) is 5.63. The Labute approximate surface area is 110 Å². The van der Waals surface area contributed by atoms with Gasteiger partial charge in [0.05, 0.1) is 4.90 Å². The third-order valence-corrected chi connectivity index (χ3v) is 5.30. The highest BCUT2D eigenvalue weighted by Gasteiger charge is 2.32. The molecule has 4 nitrogen and oxygen atoms in total. The highest BCUT2D eigenvalue weighted by Crippen LogP contribution is 2.27. The molecule has 0 aliphatic heterocycles. The summed E-state index contributed by atoms with van der Waals surface area (Å²) in [4.78, 5) is 0.273. The van der Waals surface area contributed by atoms with Crippen molar-refractivity contribution in [1.29, 1.82) is 0 Å². The van der Waals surface area contributed by atoms with Gasteiger partial charge in [-0.05, 0) is 36.6 Å². The molecule has 2 N–H and O–H groups in total. The zero-order valence-corrected chi connectivity index (χ0v) is 12.5. The van der Waals surface area contributed by atoms with E-state index < -0.39 is 10.0 Å². The van der Waals surface area contributed by atoms with Gasteiger partial charge in [-0.2, -0.15) is 4.31 Å². The molecule has 0 spiro atoms. The number of hydrogen-bond acceptors (Lipinski definition) is 3. The Bertz CT molecular complexity index is 501. The maximum Gasteiger partial charge on any atom is 0.243 e. The quantitative estimate of drug-likeness (QED) is 0.857. The van der Waals surface area contributed by atoms with E-state index in [1.165, 1.54) is 16.4 Å². The summed E-state index contributed by atoms with van der Waals surface area (Å²) in [6.45, 7) is 7.97. The van der Waals surface area contributed by atoms with E-state index >= 15 is 0 Å². The van der Waals surface area contributed by atoms with Gasteiger partial charge in [0.2, 0.25) is 10.0 Å². The fourth-order valence-electron chi connectivity index (χ4n) is 1.56. The van der Waals surface area contributed by atoms with Crippen molar-refractivity contribution in [2.75, 3.05) is 12.8 Å². The van der Waals surface area contributed by atoms with Crippen LogP contribution in [0, 0.1) is 5.41 Å². The van der Waals surface area contributed by atoms with Crippen molar-refractivity contribution in [2.24, 2.45) is 5.41 Å². The maximum atomic E-state index is 12.4. The normalized spacial score (nSPS) is 14.8. The van der Waals surface area contributed by atoms with Crippen LogP contribution in [0.2, 0.25) is 0 Å². The topological polar surface area (TPSA) is 63.4 Å². The Morgan fingerprint density at radius 3 is 2.00 bits per heavy atom. The second kappa shape index (κ2) is 4.90. The molecular formula is C13H22N2O2S. The van der Waals surface area contributed by atoms with E-state index in [4.69, 9.17) is 5.73 Å². The van der Waals surface area contributed by atoms with Crippen molar-refractivity contribution in [2.45, 2.75) is 38.6 Å². The molecule has 0 aliphatic carbocycles. The SMILES string of the molecule is CC(N(C)S(=O)(=O)c1ccc(N)cc1)C(C)(C)C. The summed E-state index contributed by atoms with van der Waals surface area (Å²) in [6.07, 6.45) is 0. The number of rotatable bonds is 3. The lowest BCUT2D eigenvalue weighted by atomic mass is 9.88. The third kappa shape index (κ3) is 3.03. The number of nitrogens with two attached hydrogens (primary N) is 1. The van der Waals surface area contributed by atoms with Crippen molar-refractivity contribution in [3.05, 3.63) is 24.3 Å². The van der Waals surface area contributed by atoms with Gasteiger partial charge in [-0.1, -0.05) is 20.8 Å². The summed E-state index contributed by atoms with van der Waals surface area (Å²) >= 11 is 0. The fraction of sp³-hybridized carbons (Fsp3) is 0.538. The molecule has 0 saturated carbocycles. The van der Waals surface area contributed by atoms with Crippen LogP contribution in [0.25, 0.3) is 0 Å². The lowest BCUT2D eigenvalue weighted by Gasteiger charge is -2.34. The number of nitrogens with zero attached hydrogens (tertiary/aromatic N) is 1. The molecule has 0 heterocycles. The third-order valence-electron chi connectivity index (χ3n) is 3.36. The summed E-state index contributed by atoms with van der Waals surface area (Å²) in [6, 6.07) is 6.18. The van der Waals surface area contributed by atoms with Gasteiger partial charge in [0.15, 0.2) is 0 Å². The Morgan fingerprint density at radius 2 is 1.61 bits per heavy atom. The largest absolute Gasteiger partial charge is 0.399 e. The van der Waals surface area contributed by atoms with Crippen LogP contribution in [0.1, 0.15) is 27.7 Å². The minimum atomic E-state index is -3.46. The first-order chi connectivity index (χ1) is 8.06. The van der Waals surface area contributed by atoms with E-state index in [1.807, 2.05) is 27.7 Å². The van der Waals surface area contributed by atoms with E-state index in [-0.39, 0.29) is 16.4 Å². The molecule has 1 aromatic carbocycles. The lowest BCUT2D eigenvalue weighted by molar-refractivity contribution is 0.216. The molecule has 1 rings (SSSR count). The first kappa shape index (κ1) is 15.0. The zero-order chi connectivity index (χ0) is 14.1. The van der Waals surface area contributed by atoms with E-state index in [0.717, 1.165) is 0 Å². The van der Waals surface area contributed by atoms with E-state index in [0.29, 0.717) is 5.69 Å². The van der Waals surface area contributed by atoms with Crippen LogP contribution in [0.3, 0.4) is 0 Å². The summed E-state index contributed by atoms with van der Waals surface area (Å²) in [5.41, 5.74) is 6.01. The lowest BCUT2D eigenvalue weighted by Crippen LogP contribution is -2.42. The molecule has 1 unspecified atom stereocenters. The molecule has 0 aromatic heterocycles.